The Labute approximate surface area is 113 Å². The largest absolute Gasteiger partial charge is 0.478 e. The molecule has 0 atom stereocenters. The van der Waals surface area contributed by atoms with Crippen LogP contribution in [-0.2, 0) is 0 Å². The monoisotopic (exact) mass is 303 g/mol. The van der Waals surface area contributed by atoms with Crippen LogP contribution in [0, 0.1) is 0 Å². The second kappa shape index (κ2) is 5.60. The zero-order chi connectivity index (χ0) is 13.0. The molecule has 0 bridgehead atoms. The van der Waals surface area contributed by atoms with Crippen molar-refractivity contribution in [3.63, 3.8) is 0 Å². The van der Waals surface area contributed by atoms with Crippen LogP contribution >= 0.6 is 15.9 Å². The van der Waals surface area contributed by atoms with Gasteiger partial charge in [-0.05, 0) is 29.3 Å². The van der Waals surface area contributed by atoms with Crippen LogP contribution in [0.15, 0.2) is 47.2 Å². The van der Waals surface area contributed by atoms with Crippen molar-refractivity contribution in [2.24, 2.45) is 0 Å². The van der Waals surface area contributed by atoms with Crippen LogP contribution < -0.4 is 0 Å². The van der Waals surface area contributed by atoms with Gasteiger partial charge in [0.2, 0.25) is 0 Å². The van der Waals surface area contributed by atoms with E-state index >= 15 is 0 Å². The molecule has 18 heavy (non-hydrogen) atoms. The third kappa shape index (κ3) is 3.05. The second-order valence-electron chi connectivity index (χ2n) is 3.65. The van der Waals surface area contributed by atoms with Gasteiger partial charge in [0.25, 0.3) is 0 Å². The zero-order valence-electron chi connectivity index (χ0n) is 9.38. The highest BCUT2D eigenvalue weighted by atomic mass is 79.9. The van der Waals surface area contributed by atoms with E-state index < -0.39 is 5.97 Å². The van der Waals surface area contributed by atoms with E-state index in [4.69, 9.17) is 5.11 Å². The number of nitrogens with zero attached hydrogens (tertiary/aromatic N) is 1. The summed E-state index contributed by atoms with van der Waals surface area (Å²) in [6, 6.07) is 9.44. The maximum absolute atomic E-state index is 11.0. The predicted octanol–water partition coefficient (Wildman–Crippen LogP) is 3.71. The van der Waals surface area contributed by atoms with Gasteiger partial charge in [-0.2, -0.15) is 0 Å². The smallest absolute Gasteiger partial charge is 0.337 e. The highest BCUT2D eigenvalue weighted by molar-refractivity contribution is 9.10. The van der Waals surface area contributed by atoms with E-state index in [0.717, 1.165) is 10.0 Å². The van der Waals surface area contributed by atoms with Crippen molar-refractivity contribution in [2.75, 3.05) is 0 Å². The first kappa shape index (κ1) is 12.5. The van der Waals surface area contributed by atoms with E-state index in [1.165, 1.54) is 6.20 Å². The van der Waals surface area contributed by atoms with Crippen LogP contribution in [0.4, 0.5) is 0 Å². The van der Waals surface area contributed by atoms with Gasteiger partial charge >= 0.3 is 5.97 Å². The lowest BCUT2D eigenvalue weighted by atomic mass is 10.1. The number of carboxylic acids is 1. The molecule has 4 heteroatoms. The number of pyridine rings is 1. The molecule has 0 amide bonds. The van der Waals surface area contributed by atoms with Gasteiger partial charge < -0.3 is 5.11 Å². The first-order valence-corrected chi connectivity index (χ1v) is 6.07. The molecule has 0 radical (unpaired) electrons. The first-order valence-electron chi connectivity index (χ1n) is 5.28. The van der Waals surface area contributed by atoms with E-state index in [0.29, 0.717) is 5.56 Å². The van der Waals surface area contributed by atoms with Crippen LogP contribution in [0.25, 0.3) is 12.2 Å². The SMILES string of the molecule is O=C(O)c1cnccc1/C=C/c1ccc(Br)cc1. The van der Waals surface area contributed by atoms with Crippen LogP contribution in [0.2, 0.25) is 0 Å². The molecule has 0 aliphatic carbocycles. The van der Waals surface area contributed by atoms with Crippen molar-refractivity contribution < 1.29 is 9.90 Å². The van der Waals surface area contributed by atoms with Gasteiger partial charge in [0, 0.05) is 16.9 Å². The molecule has 0 saturated heterocycles. The van der Waals surface area contributed by atoms with Gasteiger partial charge in [0.05, 0.1) is 5.56 Å². The number of carboxylic acid groups (broad SMARTS) is 1. The Morgan fingerprint density at radius 3 is 2.56 bits per heavy atom. The Morgan fingerprint density at radius 2 is 1.89 bits per heavy atom. The number of hydrogen-bond acceptors (Lipinski definition) is 2. The van der Waals surface area contributed by atoms with Crippen molar-refractivity contribution in [1.29, 1.82) is 0 Å². The average Bonchev–Trinajstić information content (AvgIpc) is 2.38. The van der Waals surface area contributed by atoms with Gasteiger partial charge in [-0.1, -0.05) is 40.2 Å². The van der Waals surface area contributed by atoms with Crippen LogP contribution in [-0.4, -0.2) is 16.1 Å². The molecule has 1 aromatic carbocycles. The normalized spacial score (nSPS) is 10.7. The molecule has 1 N–H and O–H groups in total. The number of carbonyl (C=O) groups is 1. The van der Waals surface area contributed by atoms with Gasteiger partial charge in [-0.3, -0.25) is 4.98 Å². The van der Waals surface area contributed by atoms with Crippen molar-refractivity contribution in [2.45, 2.75) is 0 Å². The van der Waals surface area contributed by atoms with Crippen LogP contribution in [0.5, 0.6) is 0 Å². The van der Waals surface area contributed by atoms with Gasteiger partial charge in [0.15, 0.2) is 0 Å². The standard InChI is InChI=1S/C14H10BrNO2/c15-12-5-2-10(3-6-12)1-4-11-7-8-16-9-13(11)14(17)18/h1-9H,(H,17,18)/b4-1+. The third-order valence-electron chi connectivity index (χ3n) is 2.41. The van der Waals surface area contributed by atoms with Crippen molar-refractivity contribution in [3.05, 3.63) is 63.9 Å². The minimum absolute atomic E-state index is 0.200. The minimum atomic E-state index is -0.974. The summed E-state index contributed by atoms with van der Waals surface area (Å²) in [5.41, 5.74) is 1.85. The summed E-state index contributed by atoms with van der Waals surface area (Å²) >= 11 is 3.36. The Balaban J connectivity index is 2.29. The molecule has 0 aliphatic heterocycles. The van der Waals surface area contributed by atoms with Crippen molar-refractivity contribution >= 4 is 34.1 Å². The van der Waals surface area contributed by atoms with Crippen molar-refractivity contribution in [1.82, 2.24) is 4.98 Å². The van der Waals surface area contributed by atoms with E-state index in [2.05, 4.69) is 20.9 Å². The van der Waals surface area contributed by atoms with Crippen LogP contribution in [0.1, 0.15) is 21.5 Å². The van der Waals surface area contributed by atoms with E-state index in [-0.39, 0.29) is 5.56 Å². The Morgan fingerprint density at radius 1 is 1.17 bits per heavy atom. The highest BCUT2D eigenvalue weighted by Crippen LogP contribution is 2.15. The topological polar surface area (TPSA) is 50.2 Å². The quantitative estimate of drug-likeness (QED) is 0.940. The molecule has 1 heterocycles. The molecule has 0 spiro atoms. The predicted molar refractivity (Wildman–Crippen MR) is 74.3 cm³/mol. The summed E-state index contributed by atoms with van der Waals surface area (Å²) < 4.78 is 1.01. The number of benzene rings is 1. The lowest BCUT2D eigenvalue weighted by Gasteiger charge is -1.99. The molecule has 90 valence electrons. The maximum Gasteiger partial charge on any atom is 0.337 e. The molecule has 2 aromatic rings. The first-order chi connectivity index (χ1) is 8.66. The summed E-state index contributed by atoms with van der Waals surface area (Å²) in [5, 5.41) is 9.02. The molecule has 0 unspecified atom stereocenters. The zero-order valence-corrected chi connectivity index (χ0v) is 11.0. The van der Waals surface area contributed by atoms with Gasteiger partial charge in [-0.15, -0.1) is 0 Å². The molecule has 0 saturated carbocycles. The van der Waals surface area contributed by atoms with E-state index in [1.807, 2.05) is 30.3 Å². The minimum Gasteiger partial charge on any atom is -0.478 e. The van der Waals surface area contributed by atoms with Crippen LogP contribution in [0.3, 0.4) is 0 Å². The van der Waals surface area contributed by atoms with Gasteiger partial charge in [0.1, 0.15) is 0 Å². The van der Waals surface area contributed by atoms with E-state index in [9.17, 15) is 4.79 Å². The summed E-state index contributed by atoms with van der Waals surface area (Å²) in [5.74, 6) is -0.974. The maximum atomic E-state index is 11.0. The number of hydrogen-bond donors (Lipinski definition) is 1. The molecule has 2 rings (SSSR count). The fourth-order valence-electron chi connectivity index (χ4n) is 1.49. The molecular formula is C14H10BrNO2. The molecular weight excluding hydrogens is 294 g/mol. The Hall–Kier alpha value is -1.94. The second-order valence-corrected chi connectivity index (χ2v) is 4.57. The molecule has 1 aromatic heterocycles. The van der Waals surface area contributed by atoms with E-state index in [1.54, 1.807) is 18.3 Å². The number of aromatic nitrogens is 1. The number of rotatable bonds is 3. The van der Waals surface area contributed by atoms with Crippen molar-refractivity contribution in [3.8, 4) is 0 Å². The summed E-state index contributed by atoms with van der Waals surface area (Å²) in [4.78, 5) is 14.8. The average molecular weight is 304 g/mol. The lowest BCUT2D eigenvalue weighted by molar-refractivity contribution is 0.0696. The Bertz CT molecular complexity index is 591. The third-order valence-corrected chi connectivity index (χ3v) is 2.94. The molecule has 0 aliphatic rings. The Kier molecular flexibility index (Phi) is 3.89. The molecule has 0 fully saturated rings. The molecule has 3 nitrogen and oxygen atoms in total. The lowest BCUT2D eigenvalue weighted by Crippen LogP contribution is -1.99. The summed E-state index contributed by atoms with van der Waals surface area (Å²) in [7, 11) is 0. The fourth-order valence-corrected chi connectivity index (χ4v) is 1.75. The number of halogens is 1. The highest BCUT2D eigenvalue weighted by Gasteiger charge is 2.06. The summed E-state index contributed by atoms with van der Waals surface area (Å²) in [6.45, 7) is 0. The summed E-state index contributed by atoms with van der Waals surface area (Å²) in [6.07, 6.45) is 6.57. The number of aromatic carboxylic acids is 1. The van der Waals surface area contributed by atoms with Gasteiger partial charge in [-0.25, -0.2) is 4.79 Å². The fraction of sp³-hybridized carbons (Fsp3) is 0.